The van der Waals surface area contributed by atoms with E-state index < -0.39 is 0 Å². The van der Waals surface area contributed by atoms with Crippen LogP contribution in [0.4, 0.5) is 0 Å². The number of fused-ring (bicyclic) bond motifs is 1. The van der Waals surface area contributed by atoms with Crippen molar-refractivity contribution in [1.29, 1.82) is 0 Å². The van der Waals surface area contributed by atoms with Crippen LogP contribution in [0, 0.1) is 0 Å². The van der Waals surface area contributed by atoms with Crippen molar-refractivity contribution in [3.8, 4) is 0 Å². The van der Waals surface area contributed by atoms with Gasteiger partial charge in [-0.1, -0.05) is 49.3 Å². The van der Waals surface area contributed by atoms with Crippen LogP contribution in [0.2, 0.25) is 0 Å². The van der Waals surface area contributed by atoms with E-state index in [2.05, 4.69) is 37.4 Å². The van der Waals surface area contributed by atoms with E-state index in [0.29, 0.717) is 6.54 Å². The molecule has 140 valence electrons. The Morgan fingerprint density at radius 3 is 2.85 bits per heavy atom. The van der Waals surface area contributed by atoms with E-state index in [1.54, 1.807) is 6.07 Å². The standard InChI is InChI=1S/C20H23N5O2/c1-13(2)16-11-17(27-24-16)20(26)21-15-8-9-18-22-23-19(25(18)12-15)10-14-6-4-3-5-7-14/h3-7,11,13,15H,8-10,12H2,1-2H3,(H,21,26). The van der Waals surface area contributed by atoms with Crippen molar-refractivity contribution in [1.82, 2.24) is 25.2 Å². The summed E-state index contributed by atoms with van der Waals surface area (Å²) < 4.78 is 7.32. The second kappa shape index (κ2) is 7.34. The van der Waals surface area contributed by atoms with Crippen LogP contribution in [0.15, 0.2) is 40.9 Å². The molecule has 0 saturated heterocycles. The minimum atomic E-state index is -0.222. The Balaban J connectivity index is 1.44. The quantitative estimate of drug-likeness (QED) is 0.751. The molecule has 1 amide bonds. The Morgan fingerprint density at radius 1 is 1.30 bits per heavy atom. The highest BCUT2D eigenvalue weighted by molar-refractivity contribution is 5.91. The largest absolute Gasteiger partial charge is 0.351 e. The summed E-state index contributed by atoms with van der Waals surface area (Å²) >= 11 is 0. The molecule has 1 unspecified atom stereocenters. The lowest BCUT2D eigenvalue weighted by molar-refractivity contribution is 0.0889. The van der Waals surface area contributed by atoms with Gasteiger partial charge in [0.1, 0.15) is 11.6 Å². The van der Waals surface area contributed by atoms with Gasteiger partial charge in [0.25, 0.3) is 5.91 Å². The van der Waals surface area contributed by atoms with Gasteiger partial charge in [-0.05, 0) is 17.9 Å². The van der Waals surface area contributed by atoms with Gasteiger partial charge in [0.05, 0.1) is 5.69 Å². The fourth-order valence-corrected chi connectivity index (χ4v) is 3.33. The molecule has 7 heteroatoms. The van der Waals surface area contributed by atoms with Crippen LogP contribution in [-0.4, -0.2) is 31.9 Å². The van der Waals surface area contributed by atoms with Crippen LogP contribution in [-0.2, 0) is 19.4 Å². The van der Waals surface area contributed by atoms with Crippen LogP contribution in [0.5, 0.6) is 0 Å². The van der Waals surface area contributed by atoms with Crippen LogP contribution >= 0.6 is 0 Å². The Kier molecular flexibility index (Phi) is 4.75. The molecular weight excluding hydrogens is 342 g/mol. The SMILES string of the molecule is CC(C)c1cc(C(=O)NC2CCc3nnc(Cc4ccccc4)n3C2)on1. The number of rotatable bonds is 5. The fraction of sp³-hybridized carbons (Fsp3) is 0.400. The number of nitrogens with zero attached hydrogens (tertiary/aromatic N) is 4. The summed E-state index contributed by atoms with van der Waals surface area (Å²) in [5.41, 5.74) is 1.98. The second-order valence-corrected chi connectivity index (χ2v) is 7.29. The third kappa shape index (κ3) is 3.77. The van der Waals surface area contributed by atoms with Gasteiger partial charge in [0.2, 0.25) is 5.76 Å². The molecule has 1 aliphatic rings. The lowest BCUT2D eigenvalue weighted by Gasteiger charge is -2.25. The Bertz CT molecular complexity index is 929. The first-order valence-electron chi connectivity index (χ1n) is 9.32. The van der Waals surface area contributed by atoms with E-state index in [0.717, 1.165) is 36.6 Å². The maximum Gasteiger partial charge on any atom is 0.290 e. The summed E-state index contributed by atoms with van der Waals surface area (Å²) in [6, 6.07) is 11.9. The fourth-order valence-electron chi connectivity index (χ4n) is 3.33. The van der Waals surface area contributed by atoms with E-state index in [1.165, 1.54) is 5.56 Å². The Morgan fingerprint density at radius 2 is 2.11 bits per heavy atom. The topological polar surface area (TPSA) is 85.8 Å². The molecule has 1 aromatic carbocycles. The molecule has 1 atom stereocenters. The van der Waals surface area contributed by atoms with Gasteiger partial charge in [0.15, 0.2) is 0 Å². The van der Waals surface area contributed by atoms with E-state index in [4.69, 9.17) is 4.52 Å². The van der Waals surface area contributed by atoms with E-state index in [1.807, 2.05) is 32.0 Å². The molecule has 0 fully saturated rings. The highest BCUT2D eigenvalue weighted by Gasteiger charge is 2.25. The Hall–Kier alpha value is -2.96. The molecule has 0 aliphatic carbocycles. The van der Waals surface area contributed by atoms with Crippen molar-refractivity contribution in [2.45, 2.75) is 51.6 Å². The molecule has 0 spiro atoms. The maximum atomic E-state index is 12.5. The van der Waals surface area contributed by atoms with Crippen LogP contribution < -0.4 is 5.32 Å². The molecule has 0 bridgehead atoms. The van der Waals surface area contributed by atoms with E-state index in [-0.39, 0.29) is 23.6 Å². The number of carbonyl (C=O) groups is 1. The van der Waals surface area contributed by atoms with Gasteiger partial charge in [-0.15, -0.1) is 10.2 Å². The average molecular weight is 365 g/mol. The minimum absolute atomic E-state index is 0.0168. The first-order valence-corrected chi connectivity index (χ1v) is 9.32. The Labute approximate surface area is 157 Å². The first kappa shape index (κ1) is 17.5. The number of hydrogen-bond donors (Lipinski definition) is 1. The third-order valence-electron chi connectivity index (χ3n) is 4.91. The number of nitrogens with one attached hydrogen (secondary N) is 1. The second-order valence-electron chi connectivity index (χ2n) is 7.29. The van der Waals surface area contributed by atoms with Gasteiger partial charge >= 0.3 is 0 Å². The van der Waals surface area contributed by atoms with E-state index in [9.17, 15) is 4.79 Å². The van der Waals surface area contributed by atoms with Crippen molar-refractivity contribution < 1.29 is 9.32 Å². The summed E-state index contributed by atoms with van der Waals surface area (Å²) in [6.45, 7) is 4.70. The van der Waals surface area contributed by atoms with Crippen LogP contribution in [0.1, 0.15) is 59.6 Å². The molecule has 7 nitrogen and oxygen atoms in total. The monoisotopic (exact) mass is 365 g/mol. The summed E-state index contributed by atoms with van der Waals surface area (Å²) in [5, 5.41) is 15.7. The summed E-state index contributed by atoms with van der Waals surface area (Å²) in [4.78, 5) is 12.5. The number of benzene rings is 1. The molecule has 27 heavy (non-hydrogen) atoms. The number of aryl methyl sites for hydroxylation is 1. The zero-order valence-electron chi connectivity index (χ0n) is 15.6. The highest BCUT2D eigenvalue weighted by Crippen LogP contribution is 2.19. The number of hydrogen-bond acceptors (Lipinski definition) is 5. The number of carbonyl (C=O) groups excluding carboxylic acids is 1. The lowest BCUT2D eigenvalue weighted by atomic mass is 10.1. The number of aromatic nitrogens is 4. The number of amides is 1. The lowest BCUT2D eigenvalue weighted by Crippen LogP contribution is -2.41. The van der Waals surface area contributed by atoms with Crippen molar-refractivity contribution in [3.05, 3.63) is 65.1 Å². The van der Waals surface area contributed by atoms with Gasteiger partial charge in [-0.2, -0.15) is 0 Å². The predicted octanol–water partition coefficient (Wildman–Crippen LogP) is 2.73. The first-order chi connectivity index (χ1) is 13.1. The summed E-state index contributed by atoms with van der Waals surface area (Å²) in [5.74, 6) is 2.17. The van der Waals surface area contributed by atoms with Gasteiger partial charge in [0, 0.05) is 31.5 Å². The zero-order valence-corrected chi connectivity index (χ0v) is 15.6. The van der Waals surface area contributed by atoms with Crippen molar-refractivity contribution in [3.63, 3.8) is 0 Å². The molecular formula is C20H23N5O2. The molecule has 3 aromatic rings. The summed E-state index contributed by atoms with van der Waals surface area (Å²) in [6.07, 6.45) is 2.36. The minimum Gasteiger partial charge on any atom is -0.351 e. The predicted molar refractivity (Wildman–Crippen MR) is 99.4 cm³/mol. The molecule has 4 rings (SSSR count). The van der Waals surface area contributed by atoms with Gasteiger partial charge in [-0.25, -0.2) is 0 Å². The molecule has 1 aliphatic heterocycles. The highest BCUT2D eigenvalue weighted by atomic mass is 16.5. The summed E-state index contributed by atoms with van der Waals surface area (Å²) in [7, 11) is 0. The third-order valence-corrected chi connectivity index (χ3v) is 4.91. The van der Waals surface area contributed by atoms with Gasteiger partial charge < -0.3 is 14.4 Å². The zero-order chi connectivity index (χ0) is 18.8. The normalized spacial score (nSPS) is 16.3. The average Bonchev–Trinajstić information content (AvgIpc) is 3.31. The smallest absolute Gasteiger partial charge is 0.290 e. The molecule has 0 radical (unpaired) electrons. The molecule has 3 heterocycles. The van der Waals surface area contributed by atoms with Crippen LogP contribution in [0.3, 0.4) is 0 Å². The van der Waals surface area contributed by atoms with E-state index >= 15 is 0 Å². The van der Waals surface area contributed by atoms with Gasteiger partial charge in [-0.3, -0.25) is 4.79 Å². The van der Waals surface area contributed by atoms with Crippen molar-refractivity contribution in [2.24, 2.45) is 0 Å². The molecule has 1 N–H and O–H groups in total. The van der Waals surface area contributed by atoms with Crippen molar-refractivity contribution >= 4 is 5.91 Å². The maximum absolute atomic E-state index is 12.5. The van der Waals surface area contributed by atoms with Crippen molar-refractivity contribution in [2.75, 3.05) is 0 Å². The van der Waals surface area contributed by atoms with Crippen LogP contribution in [0.25, 0.3) is 0 Å². The molecule has 2 aromatic heterocycles. The molecule has 0 saturated carbocycles.